The number of hydrogen-bond donors (Lipinski definition) is 1. The molecule has 24 heavy (non-hydrogen) atoms. The van der Waals surface area contributed by atoms with E-state index in [0.717, 1.165) is 40.0 Å². The average Bonchev–Trinajstić information content (AvgIpc) is 2.99. The van der Waals surface area contributed by atoms with Crippen molar-refractivity contribution in [3.63, 3.8) is 0 Å². The lowest BCUT2D eigenvalue weighted by Crippen LogP contribution is -2.02. The lowest BCUT2D eigenvalue weighted by atomic mass is 10.1. The van der Waals surface area contributed by atoms with Crippen LogP contribution in [0.4, 0.5) is 11.5 Å². The van der Waals surface area contributed by atoms with Gasteiger partial charge in [-0.1, -0.05) is 54.6 Å². The molecule has 0 spiro atoms. The summed E-state index contributed by atoms with van der Waals surface area (Å²) in [6.45, 7) is 3.14. The number of nitrogens with one attached hydrogen (secondary N) is 1. The molecule has 3 aromatic rings. The maximum atomic E-state index is 4.50. The summed E-state index contributed by atoms with van der Waals surface area (Å²) < 4.78 is 3.01. The molecule has 2 heterocycles. The van der Waals surface area contributed by atoms with Crippen molar-refractivity contribution >= 4 is 38.5 Å². The largest absolute Gasteiger partial charge is 0.339 e. The fourth-order valence-electron chi connectivity index (χ4n) is 2.72. The molecule has 0 unspecified atom stereocenters. The number of benzene rings is 1. The number of hydrogen-bond acceptors (Lipinski definition) is 4. The number of halogens is 1. The van der Waals surface area contributed by atoms with Gasteiger partial charge in [0.25, 0.3) is 0 Å². The predicted octanol–water partition coefficient (Wildman–Crippen LogP) is 5.30. The summed E-state index contributed by atoms with van der Waals surface area (Å²) >= 11 is 3.49. The molecule has 5 nitrogen and oxygen atoms in total. The normalized spacial score (nSPS) is 11.1. The first kappa shape index (κ1) is 16.9. The molecule has 0 fully saturated rings. The molecule has 2 aromatic heterocycles. The van der Waals surface area contributed by atoms with Gasteiger partial charge in [0, 0.05) is 16.7 Å². The molecular formula is C18H22BrN5. The Hall–Kier alpha value is -1.95. The highest BCUT2D eigenvalue weighted by molar-refractivity contribution is 9.10. The van der Waals surface area contributed by atoms with E-state index in [4.69, 9.17) is 0 Å². The number of anilines is 2. The van der Waals surface area contributed by atoms with E-state index in [9.17, 15) is 0 Å². The highest BCUT2D eigenvalue weighted by atomic mass is 79.9. The topological polar surface area (TPSA) is 55.6 Å². The summed E-state index contributed by atoms with van der Waals surface area (Å²) in [7, 11) is 0. The van der Waals surface area contributed by atoms with E-state index in [2.05, 4.69) is 43.2 Å². The minimum atomic E-state index is 0.787. The summed E-state index contributed by atoms with van der Waals surface area (Å²) in [4.78, 5) is 8.79. The summed E-state index contributed by atoms with van der Waals surface area (Å²) in [5.74, 6) is 0.787. The van der Waals surface area contributed by atoms with E-state index in [0.29, 0.717) is 0 Å². The van der Waals surface area contributed by atoms with Gasteiger partial charge in [0.1, 0.15) is 12.1 Å². The second kappa shape index (κ2) is 8.24. The molecule has 0 saturated carbocycles. The number of aromatic nitrogens is 4. The number of rotatable bonds is 8. The molecule has 1 aromatic carbocycles. The number of nitrogens with zero attached hydrogens (tertiary/aromatic N) is 4. The zero-order valence-electron chi connectivity index (χ0n) is 13.9. The lowest BCUT2D eigenvalue weighted by molar-refractivity contribution is 0.541. The van der Waals surface area contributed by atoms with E-state index in [1.807, 2.05) is 35.1 Å². The van der Waals surface area contributed by atoms with Crippen molar-refractivity contribution in [2.45, 2.75) is 45.6 Å². The van der Waals surface area contributed by atoms with Gasteiger partial charge in [0.2, 0.25) is 0 Å². The fourth-order valence-corrected chi connectivity index (χ4v) is 3.12. The standard InChI is InChI=1S/C18H22BrN5/c1-2-3-4-5-6-10-24-18-16(12-22-24)17(20-13-21-18)23-15-9-7-8-14(19)11-15/h7-9,11-13H,2-6,10H2,1H3,(H,20,21,23). The second-order valence-corrected chi connectivity index (χ2v) is 6.79. The Morgan fingerprint density at radius 3 is 2.83 bits per heavy atom. The highest BCUT2D eigenvalue weighted by Crippen LogP contribution is 2.24. The molecule has 0 aliphatic heterocycles. The van der Waals surface area contributed by atoms with Crippen LogP contribution < -0.4 is 5.32 Å². The molecule has 3 rings (SSSR count). The van der Waals surface area contributed by atoms with Gasteiger partial charge in [-0.3, -0.25) is 0 Å². The molecule has 0 bridgehead atoms. The van der Waals surface area contributed by atoms with E-state index >= 15 is 0 Å². The first-order valence-corrected chi connectivity index (χ1v) is 9.26. The zero-order valence-corrected chi connectivity index (χ0v) is 15.5. The first-order valence-electron chi connectivity index (χ1n) is 8.47. The van der Waals surface area contributed by atoms with Crippen LogP contribution in [0.1, 0.15) is 39.0 Å². The van der Waals surface area contributed by atoms with Gasteiger partial charge >= 0.3 is 0 Å². The Morgan fingerprint density at radius 2 is 2.00 bits per heavy atom. The van der Waals surface area contributed by atoms with Crippen molar-refractivity contribution in [1.82, 2.24) is 19.7 Å². The SMILES string of the molecule is CCCCCCCn1ncc2c(Nc3cccc(Br)c3)ncnc21. The molecule has 6 heteroatoms. The van der Waals surface area contributed by atoms with Crippen molar-refractivity contribution in [2.75, 3.05) is 5.32 Å². The Morgan fingerprint density at radius 1 is 1.12 bits per heavy atom. The molecule has 0 aliphatic carbocycles. The molecule has 0 radical (unpaired) electrons. The van der Waals surface area contributed by atoms with E-state index in [-0.39, 0.29) is 0 Å². The summed E-state index contributed by atoms with van der Waals surface area (Å²) in [5.41, 5.74) is 1.87. The van der Waals surface area contributed by atoms with Gasteiger partial charge in [0.15, 0.2) is 5.65 Å². The van der Waals surface area contributed by atoms with Crippen LogP contribution in [0.3, 0.4) is 0 Å². The molecule has 0 saturated heterocycles. The van der Waals surface area contributed by atoms with Gasteiger partial charge in [-0.25, -0.2) is 14.6 Å². The van der Waals surface area contributed by atoms with E-state index < -0.39 is 0 Å². The molecular weight excluding hydrogens is 366 g/mol. The van der Waals surface area contributed by atoms with Gasteiger partial charge in [-0.15, -0.1) is 0 Å². The Bertz CT molecular complexity index is 799. The number of fused-ring (bicyclic) bond motifs is 1. The third-order valence-corrected chi connectivity index (χ3v) is 4.49. The second-order valence-electron chi connectivity index (χ2n) is 5.88. The Kier molecular flexibility index (Phi) is 5.80. The van der Waals surface area contributed by atoms with Crippen LogP contribution >= 0.6 is 15.9 Å². The molecule has 126 valence electrons. The highest BCUT2D eigenvalue weighted by Gasteiger charge is 2.10. The monoisotopic (exact) mass is 387 g/mol. The lowest BCUT2D eigenvalue weighted by Gasteiger charge is -2.07. The number of unbranched alkanes of at least 4 members (excludes halogenated alkanes) is 4. The summed E-state index contributed by atoms with van der Waals surface area (Å²) in [6, 6.07) is 8.02. The van der Waals surface area contributed by atoms with Gasteiger partial charge in [0.05, 0.1) is 11.6 Å². The van der Waals surface area contributed by atoms with Crippen LogP contribution in [0, 0.1) is 0 Å². The fraction of sp³-hybridized carbons (Fsp3) is 0.389. The van der Waals surface area contributed by atoms with Crippen LogP contribution in [-0.4, -0.2) is 19.7 Å². The first-order chi connectivity index (χ1) is 11.8. The van der Waals surface area contributed by atoms with Gasteiger partial charge in [-0.05, 0) is 24.6 Å². The van der Waals surface area contributed by atoms with Crippen LogP contribution in [0.15, 0.2) is 41.3 Å². The molecule has 1 N–H and O–H groups in total. The van der Waals surface area contributed by atoms with E-state index in [1.165, 1.54) is 25.7 Å². The maximum absolute atomic E-state index is 4.50. The van der Waals surface area contributed by atoms with Crippen molar-refractivity contribution in [3.8, 4) is 0 Å². The van der Waals surface area contributed by atoms with Crippen LogP contribution in [0.2, 0.25) is 0 Å². The van der Waals surface area contributed by atoms with Crippen LogP contribution in [0.5, 0.6) is 0 Å². The summed E-state index contributed by atoms with van der Waals surface area (Å²) in [5, 5.41) is 8.80. The molecule has 0 aliphatic rings. The van der Waals surface area contributed by atoms with Crippen molar-refractivity contribution in [2.24, 2.45) is 0 Å². The van der Waals surface area contributed by atoms with E-state index in [1.54, 1.807) is 6.33 Å². The zero-order chi connectivity index (χ0) is 16.8. The van der Waals surface area contributed by atoms with Crippen molar-refractivity contribution < 1.29 is 0 Å². The molecule has 0 amide bonds. The third-order valence-electron chi connectivity index (χ3n) is 3.99. The Balaban J connectivity index is 1.74. The Labute approximate surface area is 150 Å². The van der Waals surface area contributed by atoms with Crippen LogP contribution in [0.25, 0.3) is 11.0 Å². The van der Waals surface area contributed by atoms with Gasteiger partial charge in [-0.2, -0.15) is 5.10 Å². The minimum absolute atomic E-state index is 0.787. The maximum Gasteiger partial charge on any atom is 0.163 e. The van der Waals surface area contributed by atoms with Crippen LogP contribution in [-0.2, 0) is 6.54 Å². The van der Waals surface area contributed by atoms with Crippen molar-refractivity contribution in [1.29, 1.82) is 0 Å². The quantitative estimate of drug-likeness (QED) is 0.532. The smallest absolute Gasteiger partial charge is 0.163 e. The number of aryl methyl sites for hydroxylation is 1. The average molecular weight is 388 g/mol. The third kappa shape index (κ3) is 4.12. The molecule has 0 atom stereocenters. The van der Waals surface area contributed by atoms with Gasteiger partial charge < -0.3 is 5.32 Å². The van der Waals surface area contributed by atoms with Crippen molar-refractivity contribution in [3.05, 3.63) is 41.3 Å². The predicted molar refractivity (Wildman–Crippen MR) is 102 cm³/mol. The minimum Gasteiger partial charge on any atom is -0.339 e. The summed E-state index contributed by atoms with van der Waals surface area (Å²) in [6.07, 6.45) is 9.68.